The number of benzene rings is 1. The van der Waals surface area contributed by atoms with E-state index in [0.717, 1.165) is 18.5 Å². The second kappa shape index (κ2) is 7.18. The summed E-state index contributed by atoms with van der Waals surface area (Å²) in [6, 6.07) is 3.36. The minimum atomic E-state index is 0.0541. The number of rotatable bonds is 8. The summed E-state index contributed by atoms with van der Waals surface area (Å²) in [4.78, 5) is 0. The Bertz CT molecular complexity index is 410. The highest BCUT2D eigenvalue weighted by Crippen LogP contribution is 2.37. The van der Waals surface area contributed by atoms with E-state index in [-0.39, 0.29) is 19.1 Å². The fourth-order valence-electron chi connectivity index (χ4n) is 1.80. The van der Waals surface area contributed by atoms with Gasteiger partial charge in [-0.15, -0.1) is 0 Å². The molecule has 0 aliphatic carbocycles. The molecule has 1 aromatic rings. The second-order valence-electron chi connectivity index (χ2n) is 4.20. The van der Waals surface area contributed by atoms with E-state index in [1.165, 1.54) is 0 Å². The summed E-state index contributed by atoms with van der Waals surface area (Å²) in [5.74, 6) is 1.45. The van der Waals surface area contributed by atoms with Crippen LogP contribution in [-0.4, -0.2) is 43.4 Å². The number of phenolic OH excluding ortho intramolecular Hbond substituents is 1. The van der Waals surface area contributed by atoms with Crippen molar-refractivity contribution in [2.45, 2.75) is 13.0 Å². The molecule has 0 fully saturated rings. The highest BCUT2D eigenvalue weighted by Gasteiger charge is 2.16. The summed E-state index contributed by atoms with van der Waals surface area (Å²) < 4.78 is 15.6. The van der Waals surface area contributed by atoms with Gasteiger partial charge in [0, 0.05) is 24.8 Å². The van der Waals surface area contributed by atoms with E-state index in [4.69, 9.17) is 19.3 Å². The van der Waals surface area contributed by atoms with Crippen molar-refractivity contribution < 1.29 is 24.4 Å². The Kier molecular flexibility index (Phi) is 5.26. The fourth-order valence-corrected chi connectivity index (χ4v) is 1.80. The van der Waals surface area contributed by atoms with Gasteiger partial charge in [-0.3, -0.25) is 0 Å². The lowest BCUT2D eigenvalue weighted by atomic mass is 10.1. The summed E-state index contributed by atoms with van der Waals surface area (Å²) in [5.41, 5.74) is 0.778. The molecule has 1 aliphatic heterocycles. The van der Waals surface area contributed by atoms with Crippen LogP contribution in [0.2, 0.25) is 0 Å². The Morgan fingerprint density at radius 3 is 2.79 bits per heavy atom. The lowest BCUT2D eigenvalue weighted by molar-refractivity contribution is 0.0907. The standard InChI is InChI=1S/C13H19NO5/c15-3-5-17-4-1-2-14-8-10-6-12-13(7-11(10)16)19-9-18-12/h6-7,14-16H,1-5,8-9H2. The Hall–Kier alpha value is -1.50. The highest BCUT2D eigenvalue weighted by molar-refractivity contribution is 5.51. The molecule has 19 heavy (non-hydrogen) atoms. The molecule has 0 bridgehead atoms. The van der Waals surface area contributed by atoms with Gasteiger partial charge in [0.1, 0.15) is 5.75 Å². The van der Waals surface area contributed by atoms with E-state index in [9.17, 15) is 5.11 Å². The van der Waals surface area contributed by atoms with Crippen molar-refractivity contribution in [2.75, 3.05) is 33.2 Å². The molecule has 6 nitrogen and oxygen atoms in total. The number of fused-ring (bicyclic) bond motifs is 1. The molecule has 0 amide bonds. The van der Waals surface area contributed by atoms with E-state index in [1.807, 2.05) is 0 Å². The van der Waals surface area contributed by atoms with Gasteiger partial charge < -0.3 is 29.7 Å². The maximum Gasteiger partial charge on any atom is 0.231 e. The molecule has 0 aromatic heterocycles. The summed E-state index contributed by atoms with van der Waals surface area (Å²) in [6.07, 6.45) is 0.852. The van der Waals surface area contributed by atoms with E-state index in [0.29, 0.717) is 31.3 Å². The van der Waals surface area contributed by atoms with Gasteiger partial charge in [0.2, 0.25) is 6.79 Å². The third-order valence-electron chi connectivity index (χ3n) is 2.77. The molecule has 1 heterocycles. The van der Waals surface area contributed by atoms with Crippen molar-refractivity contribution >= 4 is 0 Å². The smallest absolute Gasteiger partial charge is 0.231 e. The molecule has 0 radical (unpaired) electrons. The van der Waals surface area contributed by atoms with Crippen LogP contribution in [-0.2, 0) is 11.3 Å². The average Bonchev–Trinajstić information content (AvgIpc) is 2.84. The molecule has 0 atom stereocenters. The molecule has 0 spiro atoms. The van der Waals surface area contributed by atoms with E-state index >= 15 is 0 Å². The van der Waals surface area contributed by atoms with Crippen LogP contribution in [0.25, 0.3) is 0 Å². The first-order chi connectivity index (χ1) is 9.31. The minimum absolute atomic E-state index is 0.0541. The molecule has 0 saturated heterocycles. The summed E-state index contributed by atoms with van der Waals surface area (Å²) in [5, 5.41) is 21.6. The molecule has 2 rings (SSSR count). The molecule has 1 aromatic carbocycles. The molecular weight excluding hydrogens is 250 g/mol. The van der Waals surface area contributed by atoms with Crippen molar-refractivity contribution in [1.82, 2.24) is 5.32 Å². The van der Waals surface area contributed by atoms with E-state index < -0.39 is 0 Å². The van der Waals surface area contributed by atoms with Crippen LogP contribution in [0.15, 0.2) is 12.1 Å². The van der Waals surface area contributed by atoms with Crippen LogP contribution in [0.3, 0.4) is 0 Å². The van der Waals surface area contributed by atoms with E-state index in [2.05, 4.69) is 5.32 Å². The maximum absolute atomic E-state index is 9.82. The SMILES string of the molecule is OCCOCCCNCc1cc2c(cc1O)OCO2. The van der Waals surface area contributed by atoms with Gasteiger partial charge in [-0.25, -0.2) is 0 Å². The van der Waals surface area contributed by atoms with E-state index in [1.54, 1.807) is 12.1 Å². The van der Waals surface area contributed by atoms with Gasteiger partial charge in [0.15, 0.2) is 11.5 Å². The van der Waals surface area contributed by atoms with Crippen molar-refractivity contribution in [3.05, 3.63) is 17.7 Å². The fraction of sp³-hybridized carbons (Fsp3) is 0.538. The summed E-state index contributed by atoms with van der Waals surface area (Å²) >= 11 is 0. The van der Waals surface area contributed by atoms with Crippen molar-refractivity contribution in [3.8, 4) is 17.2 Å². The first kappa shape index (κ1) is 13.9. The lowest BCUT2D eigenvalue weighted by Crippen LogP contribution is -2.16. The van der Waals surface area contributed by atoms with Gasteiger partial charge in [0.05, 0.1) is 13.2 Å². The molecule has 0 unspecified atom stereocenters. The van der Waals surface area contributed by atoms with Crippen molar-refractivity contribution in [3.63, 3.8) is 0 Å². The number of ether oxygens (including phenoxy) is 3. The third kappa shape index (κ3) is 3.99. The predicted octanol–water partition coefficient (Wildman–Crippen LogP) is 0.609. The zero-order valence-corrected chi connectivity index (χ0v) is 10.7. The minimum Gasteiger partial charge on any atom is -0.507 e. The van der Waals surface area contributed by atoms with Crippen LogP contribution < -0.4 is 14.8 Å². The number of nitrogens with one attached hydrogen (secondary N) is 1. The quantitative estimate of drug-likeness (QED) is 0.600. The third-order valence-corrected chi connectivity index (χ3v) is 2.77. The Balaban J connectivity index is 1.71. The van der Waals surface area contributed by atoms with Crippen LogP contribution in [0.5, 0.6) is 17.2 Å². The summed E-state index contributed by atoms with van der Waals surface area (Å²) in [7, 11) is 0. The maximum atomic E-state index is 9.82. The number of aliphatic hydroxyl groups is 1. The van der Waals surface area contributed by atoms with Gasteiger partial charge in [-0.05, 0) is 19.0 Å². The van der Waals surface area contributed by atoms with Gasteiger partial charge >= 0.3 is 0 Å². The molecule has 106 valence electrons. The van der Waals surface area contributed by atoms with Crippen LogP contribution in [0, 0.1) is 0 Å². The number of hydrogen-bond acceptors (Lipinski definition) is 6. The Morgan fingerprint density at radius 1 is 1.21 bits per heavy atom. The topological polar surface area (TPSA) is 80.2 Å². The van der Waals surface area contributed by atoms with Crippen LogP contribution >= 0.6 is 0 Å². The van der Waals surface area contributed by atoms with Crippen molar-refractivity contribution in [2.24, 2.45) is 0 Å². The zero-order chi connectivity index (χ0) is 13.5. The lowest BCUT2D eigenvalue weighted by Gasteiger charge is -2.08. The number of phenols is 1. The first-order valence-corrected chi connectivity index (χ1v) is 6.32. The number of hydrogen-bond donors (Lipinski definition) is 3. The van der Waals surface area contributed by atoms with Gasteiger partial charge in [-0.2, -0.15) is 0 Å². The predicted molar refractivity (Wildman–Crippen MR) is 68.5 cm³/mol. The molecular formula is C13H19NO5. The monoisotopic (exact) mass is 269 g/mol. The Morgan fingerprint density at radius 2 is 2.00 bits per heavy atom. The first-order valence-electron chi connectivity index (χ1n) is 6.32. The highest BCUT2D eigenvalue weighted by atomic mass is 16.7. The number of aliphatic hydroxyl groups excluding tert-OH is 1. The number of aromatic hydroxyl groups is 1. The molecule has 6 heteroatoms. The molecule has 3 N–H and O–H groups in total. The molecule has 0 saturated carbocycles. The zero-order valence-electron chi connectivity index (χ0n) is 10.7. The summed E-state index contributed by atoms with van der Waals surface area (Å²) in [6.45, 7) is 2.58. The van der Waals surface area contributed by atoms with Crippen molar-refractivity contribution in [1.29, 1.82) is 0 Å². The van der Waals surface area contributed by atoms with Gasteiger partial charge in [0.25, 0.3) is 0 Å². The second-order valence-corrected chi connectivity index (χ2v) is 4.20. The van der Waals surface area contributed by atoms with Crippen LogP contribution in [0.1, 0.15) is 12.0 Å². The van der Waals surface area contributed by atoms with Crippen LogP contribution in [0.4, 0.5) is 0 Å². The molecule has 1 aliphatic rings. The normalized spacial score (nSPS) is 12.9. The Labute approximate surface area is 111 Å². The van der Waals surface area contributed by atoms with Gasteiger partial charge in [-0.1, -0.05) is 0 Å². The largest absolute Gasteiger partial charge is 0.507 e. The average molecular weight is 269 g/mol.